The Balaban J connectivity index is 2.61. The summed E-state index contributed by atoms with van der Waals surface area (Å²) >= 11 is 0. The van der Waals surface area contributed by atoms with Crippen LogP contribution in [0.3, 0.4) is 0 Å². The summed E-state index contributed by atoms with van der Waals surface area (Å²) in [7, 11) is 0. The van der Waals surface area contributed by atoms with E-state index in [-0.39, 0.29) is 6.54 Å². The van der Waals surface area contributed by atoms with Crippen LogP contribution in [-0.4, -0.2) is 34.9 Å². The van der Waals surface area contributed by atoms with Gasteiger partial charge in [0.1, 0.15) is 0 Å². The topological polar surface area (TPSA) is 69.6 Å². The summed E-state index contributed by atoms with van der Waals surface area (Å²) in [5, 5.41) is 20.3. The van der Waals surface area contributed by atoms with Crippen molar-refractivity contribution < 1.29 is 15.0 Å². The predicted molar refractivity (Wildman–Crippen MR) is 30.1 cm³/mol. The van der Waals surface area contributed by atoms with Crippen molar-refractivity contribution in [1.29, 1.82) is 0 Å². The summed E-state index contributed by atoms with van der Waals surface area (Å²) in [6.45, 7) is 0.755. The number of aliphatic carboxylic acids is 1. The minimum Gasteiger partial charge on any atom is -0.479 e. The lowest BCUT2D eigenvalue weighted by Crippen LogP contribution is -2.40. The highest BCUT2D eigenvalue weighted by molar-refractivity contribution is 5.77. The van der Waals surface area contributed by atoms with Crippen LogP contribution in [0, 0.1) is 0 Å². The highest BCUT2D eigenvalue weighted by Crippen LogP contribution is 2.13. The van der Waals surface area contributed by atoms with E-state index in [1.165, 1.54) is 0 Å². The van der Waals surface area contributed by atoms with Gasteiger partial charge in [-0.25, -0.2) is 4.79 Å². The molecule has 0 aromatic carbocycles. The average molecular weight is 131 g/mol. The SMILES string of the molecule is O=C(O)[C@@]1(O)CCNC1. The van der Waals surface area contributed by atoms with E-state index < -0.39 is 11.6 Å². The second-order valence-corrected chi connectivity index (χ2v) is 2.26. The van der Waals surface area contributed by atoms with Gasteiger partial charge in [-0.3, -0.25) is 0 Å². The van der Waals surface area contributed by atoms with Crippen molar-refractivity contribution in [3.8, 4) is 0 Å². The Morgan fingerprint density at radius 1 is 1.67 bits per heavy atom. The molecule has 0 spiro atoms. The fourth-order valence-electron chi connectivity index (χ4n) is 0.861. The van der Waals surface area contributed by atoms with Gasteiger partial charge in [0.15, 0.2) is 5.60 Å². The number of hydrogen-bond donors (Lipinski definition) is 3. The Morgan fingerprint density at radius 2 is 2.33 bits per heavy atom. The van der Waals surface area contributed by atoms with E-state index in [0.717, 1.165) is 0 Å². The van der Waals surface area contributed by atoms with Crippen molar-refractivity contribution in [2.45, 2.75) is 12.0 Å². The van der Waals surface area contributed by atoms with Crippen molar-refractivity contribution in [3.63, 3.8) is 0 Å². The van der Waals surface area contributed by atoms with Crippen molar-refractivity contribution in [1.82, 2.24) is 5.32 Å². The van der Waals surface area contributed by atoms with E-state index in [1.807, 2.05) is 0 Å². The summed E-state index contributed by atoms with van der Waals surface area (Å²) in [5.74, 6) is -1.13. The van der Waals surface area contributed by atoms with Crippen LogP contribution in [0.25, 0.3) is 0 Å². The number of carboxylic acids is 1. The highest BCUT2D eigenvalue weighted by Gasteiger charge is 2.38. The molecule has 0 unspecified atom stereocenters. The van der Waals surface area contributed by atoms with Gasteiger partial charge in [0.05, 0.1) is 0 Å². The molecule has 3 N–H and O–H groups in total. The van der Waals surface area contributed by atoms with Crippen molar-refractivity contribution in [2.24, 2.45) is 0 Å². The Hall–Kier alpha value is -0.610. The lowest BCUT2D eigenvalue weighted by molar-refractivity contribution is -0.156. The molecule has 1 atom stereocenters. The summed E-state index contributed by atoms with van der Waals surface area (Å²) in [4.78, 5) is 10.2. The third-order valence-corrected chi connectivity index (χ3v) is 1.53. The first-order valence-corrected chi connectivity index (χ1v) is 2.82. The van der Waals surface area contributed by atoms with Gasteiger partial charge in [-0.15, -0.1) is 0 Å². The number of β-amino-alcohol motifs (C(OH)–C–C–N with tert-alkyl or cyclic N) is 1. The fraction of sp³-hybridized carbons (Fsp3) is 0.800. The molecular formula is C5H9NO3. The first-order chi connectivity index (χ1) is 4.15. The van der Waals surface area contributed by atoms with Crippen LogP contribution in [0.2, 0.25) is 0 Å². The molecular weight excluding hydrogens is 122 g/mol. The Morgan fingerprint density at radius 3 is 2.56 bits per heavy atom. The van der Waals surface area contributed by atoms with E-state index in [1.54, 1.807) is 0 Å². The zero-order valence-corrected chi connectivity index (χ0v) is 4.92. The lowest BCUT2D eigenvalue weighted by atomic mass is 10.1. The maximum absolute atomic E-state index is 10.2. The molecule has 0 amide bonds. The number of carboxylic acid groups (broad SMARTS) is 1. The van der Waals surface area contributed by atoms with Crippen LogP contribution in [0.15, 0.2) is 0 Å². The highest BCUT2D eigenvalue weighted by atomic mass is 16.4. The van der Waals surface area contributed by atoms with Crippen LogP contribution >= 0.6 is 0 Å². The quantitative estimate of drug-likeness (QED) is 0.418. The zero-order valence-electron chi connectivity index (χ0n) is 4.92. The maximum atomic E-state index is 10.2. The molecule has 0 aromatic rings. The van der Waals surface area contributed by atoms with E-state index in [2.05, 4.69) is 5.32 Å². The second kappa shape index (κ2) is 1.97. The molecule has 0 aromatic heterocycles. The number of hydrogen-bond acceptors (Lipinski definition) is 3. The van der Waals surface area contributed by atoms with Gasteiger partial charge in [0.2, 0.25) is 0 Å². The molecule has 4 heteroatoms. The van der Waals surface area contributed by atoms with E-state index in [9.17, 15) is 4.79 Å². The monoisotopic (exact) mass is 131 g/mol. The molecule has 0 bridgehead atoms. The van der Waals surface area contributed by atoms with Crippen molar-refractivity contribution in [2.75, 3.05) is 13.1 Å². The zero-order chi connectivity index (χ0) is 6.91. The minimum absolute atomic E-state index is 0.169. The Kier molecular flexibility index (Phi) is 1.42. The summed E-state index contributed by atoms with van der Waals surface area (Å²) in [6, 6.07) is 0. The largest absolute Gasteiger partial charge is 0.479 e. The van der Waals surface area contributed by atoms with Crippen LogP contribution in [0.4, 0.5) is 0 Å². The first-order valence-electron chi connectivity index (χ1n) is 2.82. The van der Waals surface area contributed by atoms with Crippen molar-refractivity contribution in [3.05, 3.63) is 0 Å². The molecule has 1 heterocycles. The van der Waals surface area contributed by atoms with E-state index in [4.69, 9.17) is 10.2 Å². The lowest BCUT2D eigenvalue weighted by Gasteiger charge is -2.13. The third kappa shape index (κ3) is 1.04. The van der Waals surface area contributed by atoms with Crippen molar-refractivity contribution >= 4 is 5.97 Å². The molecule has 1 aliphatic heterocycles. The molecule has 4 nitrogen and oxygen atoms in total. The second-order valence-electron chi connectivity index (χ2n) is 2.26. The van der Waals surface area contributed by atoms with Gasteiger partial charge < -0.3 is 15.5 Å². The molecule has 1 aliphatic rings. The molecule has 1 rings (SSSR count). The van der Waals surface area contributed by atoms with Gasteiger partial charge in [-0.1, -0.05) is 0 Å². The van der Waals surface area contributed by atoms with E-state index in [0.29, 0.717) is 13.0 Å². The maximum Gasteiger partial charge on any atom is 0.337 e. The Bertz CT molecular complexity index is 128. The molecule has 9 heavy (non-hydrogen) atoms. The first kappa shape index (κ1) is 6.51. The molecule has 1 fully saturated rings. The normalized spacial score (nSPS) is 34.8. The third-order valence-electron chi connectivity index (χ3n) is 1.53. The Labute approximate surface area is 52.5 Å². The smallest absolute Gasteiger partial charge is 0.337 e. The molecule has 0 aliphatic carbocycles. The number of aliphatic hydroxyl groups is 1. The number of carbonyl (C=O) groups is 1. The summed E-state index contributed by atoms with van der Waals surface area (Å²) in [5.41, 5.74) is -1.50. The van der Waals surface area contributed by atoms with Crippen LogP contribution in [-0.2, 0) is 4.79 Å². The minimum atomic E-state index is -1.50. The number of rotatable bonds is 1. The average Bonchev–Trinajstić information content (AvgIpc) is 2.16. The van der Waals surface area contributed by atoms with Gasteiger partial charge in [-0.05, 0) is 6.54 Å². The van der Waals surface area contributed by atoms with Gasteiger partial charge in [-0.2, -0.15) is 0 Å². The fourth-order valence-corrected chi connectivity index (χ4v) is 0.861. The van der Waals surface area contributed by atoms with E-state index >= 15 is 0 Å². The molecule has 52 valence electrons. The van der Waals surface area contributed by atoms with Gasteiger partial charge in [0.25, 0.3) is 0 Å². The molecule has 0 radical (unpaired) electrons. The molecule has 0 saturated carbocycles. The number of nitrogens with one attached hydrogen (secondary N) is 1. The van der Waals surface area contributed by atoms with Gasteiger partial charge in [0, 0.05) is 13.0 Å². The van der Waals surface area contributed by atoms with Crippen LogP contribution in [0.5, 0.6) is 0 Å². The predicted octanol–water partition coefficient (Wildman–Crippen LogP) is -1.20. The van der Waals surface area contributed by atoms with Crippen LogP contribution < -0.4 is 5.32 Å². The summed E-state index contributed by atoms with van der Waals surface area (Å²) < 4.78 is 0. The van der Waals surface area contributed by atoms with Crippen LogP contribution in [0.1, 0.15) is 6.42 Å². The summed E-state index contributed by atoms with van der Waals surface area (Å²) in [6.07, 6.45) is 0.308. The molecule has 1 saturated heterocycles. The standard InChI is InChI=1S/C5H9NO3/c7-4(8)5(9)1-2-6-3-5/h6,9H,1-3H2,(H,7,8)/t5-/m1/s1. The van der Waals surface area contributed by atoms with Gasteiger partial charge >= 0.3 is 5.97 Å².